The second-order valence-electron chi connectivity index (χ2n) is 5.47. The highest BCUT2D eigenvalue weighted by atomic mass is 16.5. The van der Waals surface area contributed by atoms with E-state index in [1.807, 2.05) is 24.3 Å². The van der Waals surface area contributed by atoms with Gasteiger partial charge in [-0.2, -0.15) is 0 Å². The van der Waals surface area contributed by atoms with E-state index >= 15 is 0 Å². The van der Waals surface area contributed by atoms with E-state index in [4.69, 9.17) is 15.2 Å². The Morgan fingerprint density at radius 2 is 2.00 bits per heavy atom. The fourth-order valence-electron chi connectivity index (χ4n) is 3.08. The van der Waals surface area contributed by atoms with Crippen LogP contribution in [0.15, 0.2) is 24.3 Å². The van der Waals surface area contributed by atoms with Crippen molar-refractivity contribution in [2.24, 2.45) is 11.7 Å². The number of methoxy groups -OCH3 is 1. The number of nitrogens with zero attached hydrogens (tertiary/aromatic N) is 1. The Kier molecular flexibility index (Phi) is 5.68. The standard InChI is InChI=1S/C16H26N2O2/c1-18(14-7-5-6-13(14)12-17)10-11-20-16-9-4-3-8-15(16)19-2/h3-4,8-9,13-14H,5-7,10-12,17H2,1-2H3. The number of hydrogen-bond donors (Lipinski definition) is 1. The third-order valence-electron chi connectivity index (χ3n) is 4.26. The Labute approximate surface area is 121 Å². The Bertz CT molecular complexity index is 411. The van der Waals surface area contributed by atoms with Gasteiger partial charge in [0.1, 0.15) is 6.61 Å². The molecular formula is C16H26N2O2. The largest absolute Gasteiger partial charge is 0.493 e. The average Bonchev–Trinajstić information content (AvgIpc) is 2.96. The van der Waals surface area contributed by atoms with Gasteiger partial charge in [-0.3, -0.25) is 4.90 Å². The maximum absolute atomic E-state index is 5.85. The molecule has 0 spiro atoms. The molecule has 4 nitrogen and oxygen atoms in total. The molecule has 1 aromatic rings. The maximum atomic E-state index is 5.85. The van der Waals surface area contributed by atoms with Crippen molar-refractivity contribution in [2.45, 2.75) is 25.3 Å². The lowest BCUT2D eigenvalue weighted by Crippen LogP contribution is -2.39. The molecule has 20 heavy (non-hydrogen) atoms. The summed E-state index contributed by atoms with van der Waals surface area (Å²) in [4.78, 5) is 2.39. The Balaban J connectivity index is 1.80. The van der Waals surface area contributed by atoms with Gasteiger partial charge in [0.05, 0.1) is 7.11 Å². The fourth-order valence-corrected chi connectivity index (χ4v) is 3.08. The predicted octanol–water partition coefficient (Wildman–Crippen LogP) is 2.13. The first-order valence-electron chi connectivity index (χ1n) is 7.42. The Morgan fingerprint density at radius 3 is 2.70 bits per heavy atom. The molecule has 2 N–H and O–H groups in total. The van der Waals surface area contributed by atoms with E-state index in [0.717, 1.165) is 24.6 Å². The van der Waals surface area contributed by atoms with Crippen molar-refractivity contribution in [3.8, 4) is 11.5 Å². The van der Waals surface area contributed by atoms with E-state index in [1.54, 1.807) is 7.11 Å². The van der Waals surface area contributed by atoms with Gasteiger partial charge >= 0.3 is 0 Å². The van der Waals surface area contributed by atoms with Crippen molar-refractivity contribution in [2.75, 3.05) is 33.9 Å². The lowest BCUT2D eigenvalue weighted by molar-refractivity contribution is 0.163. The Morgan fingerprint density at radius 1 is 1.25 bits per heavy atom. The smallest absolute Gasteiger partial charge is 0.161 e. The van der Waals surface area contributed by atoms with Crippen LogP contribution < -0.4 is 15.2 Å². The molecule has 0 aromatic heterocycles. The van der Waals surface area contributed by atoms with Crippen LogP contribution in [-0.4, -0.2) is 44.8 Å². The minimum absolute atomic E-state index is 0.612. The zero-order valence-corrected chi connectivity index (χ0v) is 12.5. The van der Waals surface area contributed by atoms with Gasteiger partial charge in [0.15, 0.2) is 11.5 Å². The van der Waals surface area contributed by atoms with Gasteiger partial charge in [0.25, 0.3) is 0 Å². The molecule has 0 aliphatic heterocycles. The minimum Gasteiger partial charge on any atom is -0.493 e. The predicted molar refractivity (Wildman–Crippen MR) is 81.3 cm³/mol. The van der Waals surface area contributed by atoms with Crippen LogP contribution in [0.1, 0.15) is 19.3 Å². The molecule has 0 amide bonds. The van der Waals surface area contributed by atoms with Gasteiger partial charge in [0.2, 0.25) is 0 Å². The first-order chi connectivity index (χ1) is 9.76. The molecule has 112 valence electrons. The third-order valence-corrected chi connectivity index (χ3v) is 4.26. The molecule has 1 aromatic carbocycles. The normalized spacial score (nSPS) is 22.2. The molecule has 0 saturated heterocycles. The third kappa shape index (κ3) is 3.64. The van der Waals surface area contributed by atoms with Gasteiger partial charge in [-0.25, -0.2) is 0 Å². The van der Waals surface area contributed by atoms with E-state index in [9.17, 15) is 0 Å². The molecular weight excluding hydrogens is 252 g/mol. The van der Waals surface area contributed by atoms with Crippen LogP contribution in [0.4, 0.5) is 0 Å². The molecule has 1 aliphatic carbocycles. The van der Waals surface area contributed by atoms with E-state index < -0.39 is 0 Å². The number of nitrogens with two attached hydrogens (primary N) is 1. The summed E-state index contributed by atoms with van der Waals surface area (Å²) in [6.45, 7) is 2.38. The van der Waals surface area contributed by atoms with Crippen molar-refractivity contribution in [1.82, 2.24) is 4.90 Å². The summed E-state index contributed by atoms with van der Waals surface area (Å²) in [7, 11) is 3.84. The number of benzene rings is 1. The summed E-state index contributed by atoms with van der Waals surface area (Å²) in [5, 5.41) is 0. The summed E-state index contributed by atoms with van der Waals surface area (Å²) in [5.41, 5.74) is 5.85. The molecule has 0 heterocycles. The van der Waals surface area contributed by atoms with Crippen LogP contribution in [0.25, 0.3) is 0 Å². The van der Waals surface area contributed by atoms with Crippen LogP contribution in [0.3, 0.4) is 0 Å². The van der Waals surface area contributed by atoms with Crippen LogP contribution in [0, 0.1) is 5.92 Å². The highest BCUT2D eigenvalue weighted by Crippen LogP contribution is 2.29. The van der Waals surface area contributed by atoms with Crippen LogP contribution in [-0.2, 0) is 0 Å². The van der Waals surface area contributed by atoms with Crippen molar-refractivity contribution in [3.63, 3.8) is 0 Å². The highest BCUT2D eigenvalue weighted by Gasteiger charge is 2.28. The molecule has 2 atom stereocenters. The highest BCUT2D eigenvalue weighted by molar-refractivity contribution is 5.39. The number of para-hydroxylation sites is 2. The topological polar surface area (TPSA) is 47.7 Å². The molecule has 0 bridgehead atoms. The molecule has 2 unspecified atom stereocenters. The zero-order valence-electron chi connectivity index (χ0n) is 12.5. The summed E-state index contributed by atoms with van der Waals surface area (Å²) in [6.07, 6.45) is 3.82. The van der Waals surface area contributed by atoms with Crippen LogP contribution in [0.5, 0.6) is 11.5 Å². The van der Waals surface area contributed by atoms with E-state index in [0.29, 0.717) is 18.6 Å². The van der Waals surface area contributed by atoms with Crippen LogP contribution in [0.2, 0.25) is 0 Å². The summed E-state index contributed by atoms with van der Waals surface area (Å²) in [5.74, 6) is 2.24. The second-order valence-corrected chi connectivity index (χ2v) is 5.47. The van der Waals surface area contributed by atoms with E-state index in [1.165, 1.54) is 19.3 Å². The van der Waals surface area contributed by atoms with Crippen molar-refractivity contribution in [3.05, 3.63) is 24.3 Å². The average molecular weight is 278 g/mol. The number of ether oxygens (including phenoxy) is 2. The van der Waals surface area contributed by atoms with E-state index in [-0.39, 0.29) is 0 Å². The quantitative estimate of drug-likeness (QED) is 0.830. The Hall–Kier alpha value is -1.26. The zero-order chi connectivity index (χ0) is 14.4. The molecule has 1 fully saturated rings. The monoisotopic (exact) mass is 278 g/mol. The second kappa shape index (κ2) is 7.50. The van der Waals surface area contributed by atoms with Gasteiger partial charge < -0.3 is 15.2 Å². The number of hydrogen-bond acceptors (Lipinski definition) is 4. The maximum Gasteiger partial charge on any atom is 0.161 e. The van der Waals surface area contributed by atoms with Crippen molar-refractivity contribution in [1.29, 1.82) is 0 Å². The summed E-state index contributed by atoms with van der Waals surface area (Å²) in [6, 6.07) is 8.38. The molecule has 2 rings (SSSR count). The van der Waals surface area contributed by atoms with Crippen LogP contribution >= 0.6 is 0 Å². The van der Waals surface area contributed by atoms with Gasteiger partial charge in [0, 0.05) is 12.6 Å². The lowest BCUT2D eigenvalue weighted by atomic mass is 10.0. The van der Waals surface area contributed by atoms with E-state index in [2.05, 4.69) is 11.9 Å². The number of rotatable bonds is 7. The van der Waals surface area contributed by atoms with Gasteiger partial charge in [-0.05, 0) is 44.5 Å². The summed E-state index contributed by atoms with van der Waals surface area (Å²) >= 11 is 0. The van der Waals surface area contributed by atoms with Crippen molar-refractivity contribution < 1.29 is 9.47 Å². The molecule has 0 radical (unpaired) electrons. The molecule has 1 saturated carbocycles. The SMILES string of the molecule is COc1ccccc1OCCN(C)C1CCCC1CN. The minimum atomic E-state index is 0.612. The van der Waals surface area contributed by atoms with Crippen molar-refractivity contribution >= 4 is 0 Å². The first kappa shape index (κ1) is 15.1. The molecule has 1 aliphatic rings. The van der Waals surface area contributed by atoms with Gasteiger partial charge in [-0.1, -0.05) is 18.6 Å². The summed E-state index contributed by atoms with van der Waals surface area (Å²) < 4.78 is 11.1. The first-order valence-corrected chi connectivity index (χ1v) is 7.42. The van der Waals surface area contributed by atoms with Gasteiger partial charge in [-0.15, -0.1) is 0 Å². The molecule has 4 heteroatoms. The number of likely N-dealkylation sites (N-methyl/N-ethyl adjacent to an activating group) is 1. The lowest BCUT2D eigenvalue weighted by Gasteiger charge is -2.29. The fraction of sp³-hybridized carbons (Fsp3) is 0.625.